The van der Waals surface area contributed by atoms with Gasteiger partial charge in [0.05, 0.1) is 24.9 Å². The summed E-state index contributed by atoms with van der Waals surface area (Å²) in [5.74, 6) is -0.0246. The number of aliphatic hydroxyl groups excluding tert-OH is 7. The number of halogens is 1. The molecule has 0 saturated carbocycles. The topological polar surface area (TPSA) is 145 Å². The summed E-state index contributed by atoms with van der Waals surface area (Å²) < 4.78 is 0. The van der Waals surface area contributed by atoms with Gasteiger partial charge in [-0.25, -0.2) is 0 Å². The van der Waals surface area contributed by atoms with Gasteiger partial charge in [0, 0.05) is 25.5 Å². The Morgan fingerprint density at radius 3 is 1.77 bits per heavy atom. The number of hydrogen-bond acceptors (Lipinski definition) is 8. The molecule has 7 N–H and O–H groups in total. The fourth-order valence-electron chi connectivity index (χ4n) is 1.93. The van der Waals surface area contributed by atoms with Crippen LogP contribution < -0.4 is 0 Å². The van der Waals surface area contributed by atoms with Crippen molar-refractivity contribution in [3.63, 3.8) is 0 Å². The Morgan fingerprint density at radius 2 is 1.32 bits per heavy atom. The van der Waals surface area contributed by atoms with Crippen LogP contribution in [-0.4, -0.2) is 109 Å². The highest BCUT2D eigenvalue weighted by atomic mass is 35.5. The zero-order valence-corrected chi connectivity index (χ0v) is 13.4. The summed E-state index contributed by atoms with van der Waals surface area (Å²) in [6, 6.07) is 0. The fourth-order valence-corrected chi connectivity index (χ4v) is 2.03. The molecule has 0 aromatic heterocycles. The van der Waals surface area contributed by atoms with Gasteiger partial charge in [0.1, 0.15) is 18.3 Å². The molecule has 6 atom stereocenters. The summed E-state index contributed by atoms with van der Waals surface area (Å²) in [5, 5.41) is 66.5. The lowest BCUT2D eigenvalue weighted by Crippen LogP contribution is -2.51. The molecule has 0 aliphatic carbocycles. The highest BCUT2D eigenvalue weighted by Gasteiger charge is 2.31. The molecule has 0 bridgehead atoms. The van der Waals surface area contributed by atoms with Crippen LogP contribution in [0.1, 0.15) is 13.3 Å². The minimum absolute atomic E-state index is 0.0246. The lowest BCUT2D eigenvalue weighted by atomic mass is 10.0. The Morgan fingerprint density at radius 1 is 0.818 bits per heavy atom. The number of nitrogens with zero attached hydrogens (tertiary/aromatic N) is 1. The first-order valence-electron chi connectivity index (χ1n) is 7.24. The molecule has 0 rings (SSSR count). The molecule has 6 unspecified atom stereocenters. The lowest BCUT2D eigenvalue weighted by Gasteiger charge is -2.32. The van der Waals surface area contributed by atoms with Gasteiger partial charge in [-0.1, -0.05) is 6.92 Å². The second kappa shape index (κ2) is 11.5. The molecular formula is C13H28ClNO7. The van der Waals surface area contributed by atoms with E-state index in [-0.39, 0.29) is 25.5 Å². The van der Waals surface area contributed by atoms with E-state index in [1.165, 1.54) is 4.90 Å². The van der Waals surface area contributed by atoms with Crippen LogP contribution in [0.15, 0.2) is 0 Å². The molecule has 0 fully saturated rings. The van der Waals surface area contributed by atoms with Crippen molar-refractivity contribution in [3.8, 4) is 0 Å². The average Bonchev–Trinajstić information content (AvgIpc) is 2.51. The Balaban J connectivity index is 4.67. The Bertz CT molecular complexity index is 275. The number of hydrogen-bond donors (Lipinski definition) is 7. The molecule has 0 radical (unpaired) electrons. The summed E-state index contributed by atoms with van der Waals surface area (Å²) in [6.45, 7) is 1.08. The van der Waals surface area contributed by atoms with E-state index in [1.807, 2.05) is 0 Å². The smallest absolute Gasteiger partial charge is 0.111 e. The van der Waals surface area contributed by atoms with Gasteiger partial charge in [0.15, 0.2) is 0 Å². The number of rotatable bonds is 12. The van der Waals surface area contributed by atoms with Crippen LogP contribution in [0.2, 0.25) is 0 Å². The molecule has 0 aromatic carbocycles. The molecule has 22 heavy (non-hydrogen) atoms. The molecule has 0 aliphatic heterocycles. The maximum Gasteiger partial charge on any atom is 0.111 e. The molecule has 0 aliphatic rings. The SMILES string of the molecule is CCC(O)CN(CC(O)CCl)CC(O)C(O)C(O)C(O)CO. The van der Waals surface area contributed by atoms with Crippen molar-refractivity contribution in [1.29, 1.82) is 0 Å². The second-order valence-electron chi connectivity index (χ2n) is 5.39. The fraction of sp³-hybridized carbons (Fsp3) is 1.00. The van der Waals surface area contributed by atoms with Crippen LogP contribution in [0.3, 0.4) is 0 Å². The summed E-state index contributed by atoms with van der Waals surface area (Å²) in [5.41, 5.74) is 0. The van der Waals surface area contributed by atoms with E-state index in [1.54, 1.807) is 6.92 Å². The van der Waals surface area contributed by atoms with Crippen molar-refractivity contribution >= 4 is 11.6 Å². The summed E-state index contributed by atoms with van der Waals surface area (Å²) >= 11 is 5.52. The second-order valence-corrected chi connectivity index (χ2v) is 5.70. The third-order valence-electron chi connectivity index (χ3n) is 3.36. The monoisotopic (exact) mass is 345 g/mol. The summed E-state index contributed by atoms with van der Waals surface area (Å²) in [4.78, 5) is 1.51. The molecule has 9 heteroatoms. The van der Waals surface area contributed by atoms with Gasteiger partial charge in [0.25, 0.3) is 0 Å². The van der Waals surface area contributed by atoms with Gasteiger partial charge >= 0.3 is 0 Å². The summed E-state index contributed by atoms with van der Waals surface area (Å²) in [6.07, 6.45) is -7.50. The number of alkyl halides is 1. The van der Waals surface area contributed by atoms with Crippen molar-refractivity contribution in [3.05, 3.63) is 0 Å². The molecule has 8 nitrogen and oxygen atoms in total. The molecule has 0 spiro atoms. The Labute approximate surface area is 135 Å². The minimum Gasteiger partial charge on any atom is -0.394 e. The van der Waals surface area contributed by atoms with E-state index in [0.717, 1.165) is 0 Å². The largest absolute Gasteiger partial charge is 0.394 e. The lowest BCUT2D eigenvalue weighted by molar-refractivity contribution is -0.121. The van der Waals surface area contributed by atoms with Crippen molar-refractivity contribution in [1.82, 2.24) is 4.90 Å². The van der Waals surface area contributed by atoms with E-state index < -0.39 is 43.2 Å². The van der Waals surface area contributed by atoms with E-state index in [2.05, 4.69) is 0 Å². The number of aliphatic hydroxyl groups is 7. The van der Waals surface area contributed by atoms with Crippen LogP contribution >= 0.6 is 11.6 Å². The minimum atomic E-state index is -1.71. The van der Waals surface area contributed by atoms with Gasteiger partial charge in [-0.2, -0.15) is 0 Å². The van der Waals surface area contributed by atoms with Crippen LogP contribution in [0, 0.1) is 0 Å². The van der Waals surface area contributed by atoms with E-state index in [4.69, 9.17) is 16.7 Å². The first-order chi connectivity index (χ1) is 10.3. The van der Waals surface area contributed by atoms with Crippen LogP contribution in [-0.2, 0) is 0 Å². The van der Waals surface area contributed by atoms with Gasteiger partial charge in [-0.05, 0) is 6.42 Å². The molecule has 134 valence electrons. The van der Waals surface area contributed by atoms with Gasteiger partial charge < -0.3 is 35.7 Å². The molecule has 0 amide bonds. The van der Waals surface area contributed by atoms with Crippen molar-refractivity contribution in [2.24, 2.45) is 0 Å². The van der Waals surface area contributed by atoms with E-state index >= 15 is 0 Å². The zero-order chi connectivity index (χ0) is 17.3. The summed E-state index contributed by atoms with van der Waals surface area (Å²) in [7, 11) is 0. The maximum atomic E-state index is 9.93. The third kappa shape index (κ3) is 8.00. The average molecular weight is 346 g/mol. The molecule has 0 saturated heterocycles. The van der Waals surface area contributed by atoms with Crippen molar-refractivity contribution < 1.29 is 35.7 Å². The van der Waals surface area contributed by atoms with E-state index in [9.17, 15) is 30.6 Å². The zero-order valence-electron chi connectivity index (χ0n) is 12.7. The third-order valence-corrected chi connectivity index (χ3v) is 3.71. The molecular weight excluding hydrogens is 318 g/mol. The quantitative estimate of drug-likeness (QED) is 0.186. The predicted octanol–water partition coefficient (Wildman–Crippen LogP) is -2.91. The van der Waals surface area contributed by atoms with E-state index in [0.29, 0.717) is 6.42 Å². The van der Waals surface area contributed by atoms with Gasteiger partial charge in [0.2, 0.25) is 0 Å². The van der Waals surface area contributed by atoms with Crippen molar-refractivity contribution in [2.75, 3.05) is 32.1 Å². The molecule has 0 heterocycles. The standard InChI is InChI=1S/C13H28ClNO7/c1-2-8(17)4-15(5-9(18)3-14)6-10(19)12(21)13(22)11(20)7-16/h8-13,16-22H,2-7H2,1H3. The van der Waals surface area contributed by atoms with Gasteiger partial charge in [-0.15, -0.1) is 11.6 Å². The Kier molecular flexibility index (Phi) is 11.5. The first-order valence-corrected chi connectivity index (χ1v) is 7.77. The highest BCUT2D eigenvalue weighted by Crippen LogP contribution is 2.09. The van der Waals surface area contributed by atoms with Crippen LogP contribution in [0.4, 0.5) is 0 Å². The Hall–Kier alpha value is -0.0300. The van der Waals surface area contributed by atoms with Crippen molar-refractivity contribution in [2.45, 2.75) is 50.0 Å². The highest BCUT2D eigenvalue weighted by molar-refractivity contribution is 6.18. The predicted molar refractivity (Wildman–Crippen MR) is 80.6 cm³/mol. The van der Waals surface area contributed by atoms with Gasteiger partial charge in [-0.3, -0.25) is 4.90 Å². The maximum absolute atomic E-state index is 9.93. The first kappa shape index (κ1) is 22.0. The normalized spacial score (nSPS) is 20.5. The molecule has 0 aromatic rings. The van der Waals surface area contributed by atoms with Crippen LogP contribution in [0.25, 0.3) is 0 Å². The van der Waals surface area contributed by atoms with Crippen LogP contribution in [0.5, 0.6) is 0 Å².